The van der Waals surface area contributed by atoms with Gasteiger partial charge in [-0.15, -0.1) is 0 Å². The Hall–Kier alpha value is -1.68. The summed E-state index contributed by atoms with van der Waals surface area (Å²) in [4.78, 5) is 4.59. The minimum absolute atomic E-state index is 0.240. The van der Waals surface area contributed by atoms with E-state index in [1.54, 1.807) is 23.5 Å². The molecule has 0 aromatic heterocycles. The van der Waals surface area contributed by atoms with Crippen molar-refractivity contribution >= 4 is 16.0 Å². The first-order valence-corrected chi connectivity index (χ1v) is 12.3. The number of nitrogens with zero attached hydrogens (tertiary/aromatic N) is 2. The van der Waals surface area contributed by atoms with Crippen molar-refractivity contribution in [1.82, 2.24) is 14.9 Å². The second-order valence-electron chi connectivity index (χ2n) is 7.67. The number of hydrogen-bond donors (Lipinski definition) is 2. The summed E-state index contributed by atoms with van der Waals surface area (Å²) in [7, 11) is -1.65. The number of benzene rings is 1. The summed E-state index contributed by atoms with van der Waals surface area (Å²) >= 11 is 0. The molecule has 8 nitrogen and oxygen atoms in total. The molecule has 0 radical (unpaired) electrons. The molecule has 0 aliphatic carbocycles. The van der Waals surface area contributed by atoms with E-state index in [4.69, 9.17) is 9.47 Å². The van der Waals surface area contributed by atoms with E-state index in [-0.39, 0.29) is 6.10 Å². The molecule has 9 heteroatoms. The molecule has 0 amide bonds. The van der Waals surface area contributed by atoms with Crippen LogP contribution in [-0.4, -0.2) is 71.3 Å². The zero-order valence-corrected chi connectivity index (χ0v) is 18.6. The van der Waals surface area contributed by atoms with Gasteiger partial charge in [-0.2, -0.15) is 4.31 Å². The summed E-state index contributed by atoms with van der Waals surface area (Å²) in [5.41, 5.74) is 1.00. The molecule has 2 N–H and O–H groups in total. The van der Waals surface area contributed by atoms with Gasteiger partial charge in [0.2, 0.25) is 10.0 Å². The number of nitrogens with one attached hydrogen (secondary N) is 2. The lowest BCUT2D eigenvalue weighted by molar-refractivity contribution is 0.0420. The second-order valence-corrected chi connectivity index (χ2v) is 9.61. The number of hydrogen-bond acceptors (Lipinski definition) is 5. The number of piperidine rings is 1. The minimum Gasteiger partial charge on any atom is -0.379 e. The third kappa shape index (κ3) is 6.66. The lowest BCUT2D eigenvalue weighted by Crippen LogP contribution is -2.37. The van der Waals surface area contributed by atoms with Gasteiger partial charge >= 0.3 is 0 Å². The van der Waals surface area contributed by atoms with Gasteiger partial charge in [0, 0.05) is 46.4 Å². The van der Waals surface area contributed by atoms with Crippen LogP contribution in [-0.2, 0) is 26.0 Å². The summed E-state index contributed by atoms with van der Waals surface area (Å²) in [5, 5.41) is 6.53. The fraction of sp³-hybridized carbons (Fsp3) is 0.667. The van der Waals surface area contributed by atoms with Crippen molar-refractivity contribution in [3.8, 4) is 0 Å². The van der Waals surface area contributed by atoms with E-state index < -0.39 is 10.0 Å². The van der Waals surface area contributed by atoms with E-state index in [0.29, 0.717) is 43.7 Å². The fourth-order valence-electron chi connectivity index (χ4n) is 3.61. The molecular weight excluding hydrogens is 404 g/mol. The summed E-state index contributed by atoms with van der Waals surface area (Å²) in [6.07, 6.45) is 5.09. The van der Waals surface area contributed by atoms with Crippen molar-refractivity contribution in [3.63, 3.8) is 0 Å². The van der Waals surface area contributed by atoms with Crippen molar-refractivity contribution in [1.29, 1.82) is 0 Å². The lowest BCUT2D eigenvalue weighted by Gasteiger charge is -2.25. The number of guanidine groups is 1. The maximum atomic E-state index is 12.7. The van der Waals surface area contributed by atoms with Crippen molar-refractivity contribution in [2.75, 3.05) is 46.5 Å². The zero-order valence-electron chi connectivity index (χ0n) is 17.8. The van der Waals surface area contributed by atoms with Gasteiger partial charge < -0.3 is 20.1 Å². The Morgan fingerprint density at radius 1 is 1.20 bits per heavy atom. The smallest absolute Gasteiger partial charge is 0.243 e. The highest BCUT2D eigenvalue weighted by Crippen LogP contribution is 2.20. The predicted octanol–water partition coefficient (Wildman–Crippen LogP) is 1.72. The van der Waals surface area contributed by atoms with Crippen LogP contribution in [0.2, 0.25) is 0 Å². The average molecular weight is 439 g/mol. The van der Waals surface area contributed by atoms with Gasteiger partial charge in [0.15, 0.2) is 5.96 Å². The minimum atomic E-state index is -3.38. The van der Waals surface area contributed by atoms with Gasteiger partial charge in [-0.1, -0.05) is 18.6 Å². The maximum absolute atomic E-state index is 12.7. The molecule has 2 heterocycles. The Morgan fingerprint density at radius 2 is 1.97 bits per heavy atom. The highest BCUT2D eigenvalue weighted by Gasteiger charge is 2.25. The molecular formula is C21H34N4O4S. The molecule has 1 atom stereocenters. The first-order valence-electron chi connectivity index (χ1n) is 10.8. The van der Waals surface area contributed by atoms with Gasteiger partial charge in [-0.05, 0) is 43.4 Å². The SMILES string of the molecule is CN=C(NCCCOC1CCOC1)NCc1ccc(S(=O)(=O)N2CCCCC2)cc1. The van der Waals surface area contributed by atoms with Crippen LogP contribution in [0.1, 0.15) is 37.7 Å². The first-order chi connectivity index (χ1) is 14.6. The first kappa shape index (κ1) is 23.0. The second kappa shape index (κ2) is 11.6. The number of rotatable bonds is 9. The van der Waals surface area contributed by atoms with Crippen LogP contribution < -0.4 is 10.6 Å². The number of sulfonamides is 1. The zero-order chi connectivity index (χ0) is 21.2. The highest BCUT2D eigenvalue weighted by molar-refractivity contribution is 7.89. The molecule has 1 unspecified atom stereocenters. The van der Waals surface area contributed by atoms with Crippen LogP contribution >= 0.6 is 0 Å². The molecule has 3 rings (SSSR count). The lowest BCUT2D eigenvalue weighted by atomic mass is 10.2. The van der Waals surface area contributed by atoms with Crippen molar-refractivity contribution in [2.45, 2.75) is 49.6 Å². The molecule has 0 bridgehead atoms. The Morgan fingerprint density at radius 3 is 2.63 bits per heavy atom. The van der Waals surface area contributed by atoms with Crippen molar-refractivity contribution < 1.29 is 17.9 Å². The van der Waals surface area contributed by atoms with Crippen LogP contribution in [0.25, 0.3) is 0 Å². The molecule has 168 valence electrons. The monoisotopic (exact) mass is 438 g/mol. The molecule has 0 spiro atoms. The summed E-state index contributed by atoms with van der Waals surface area (Å²) in [5.74, 6) is 0.712. The summed E-state index contributed by atoms with van der Waals surface area (Å²) in [6, 6.07) is 7.10. The van der Waals surface area contributed by atoms with Crippen molar-refractivity contribution in [2.24, 2.45) is 4.99 Å². The summed E-state index contributed by atoms with van der Waals surface area (Å²) < 4.78 is 38.1. The molecule has 1 aromatic carbocycles. The van der Waals surface area contributed by atoms with Crippen molar-refractivity contribution in [3.05, 3.63) is 29.8 Å². The van der Waals surface area contributed by atoms with Gasteiger partial charge in [-0.3, -0.25) is 4.99 Å². The Labute approximate surface area is 180 Å². The third-order valence-corrected chi connectivity index (χ3v) is 7.33. The molecule has 2 aliphatic heterocycles. The molecule has 30 heavy (non-hydrogen) atoms. The molecule has 1 aromatic rings. The maximum Gasteiger partial charge on any atom is 0.243 e. The topological polar surface area (TPSA) is 92.3 Å². The Bertz CT molecular complexity index is 771. The van der Waals surface area contributed by atoms with E-state index in [2.05, 4.69) is 15.6 Å². The van der Waals surface area contributed by atoms with Crippen LogP contribution in [0.5, 0.6) is 0 Å². The van der Waals surface area contributed by atoms with E-state index in [0.717, 1.165) is 50.8 Å². The molecule has 0 saturated carbocycles. The van der Waals surface area contributed by atoms with E-state index >= 15 is 0 Å². The molecule has 2 saturated heterocycles. The molecule has 2 fully saturated rings. The predicted molar refractivity (Wildman–Crippen MR) is 117 cm³/mol. The fourth-order valence-corrected chi connectivity index (χ4v) is 5.13. The molecule has 2 aliphatic rings. The Balaban J connectivity index is 1.39. The van der Waals surface area contributed by atoms with Gasteiger partial charge in [0.05, 0.1) is 17.6 Å². The van der Waals surface area contributed by atoms with E-state index in [9.17, 15) is 8.42 Å². The van der Waals surface area contributed by atoms with Crippen LogP contribution in [0.15, 0.2) is 34.2 Å². The summed E-state index contributed by atoms with van der Waals surface area (Å²) in [6.45, 7) is 4.77. The third-order valence-electron chi connectivity index (χ3n) is 5.41. The Kier molecular flexibility index (Phi) is 8.92. The van der Waals surface area contributed by atoms with Crippen LogP contribution in [0.4, 0.5) is 0 Å². The normalized spacial score (nSPS) is 21.0. The standard InChI is InChI=1S/C21H34N4O4S/c1-22-21(23-11-5-14-29-19-10-15-28-17-19)24-16-18-6-8-20(9-7-18)30(26,27)25-12-3-2-4-13-25/h6-9,19H,2-5,10-17H2,1H3,(H2,22,23,24). The quantitative estimate of drug-likeness (QED) is 0.347. The number of aliphatic imine (C=N–C) groups is 1. The van der Waals surface area contributed by atoms with E-state index in [1.807, 2.05) is 12.1 Å². The van der Waals surface area contributed by atoms with Gasteiger partial charge in [0.25, 0.3) is 0 Å². The number of ether oxygens (including phenoxy) is 2. The van der Waals surface area contributed by atoms with Gasteiger partial charge in [0.1, 0.15) is 0 Å². The highest BCUT2D eigenvalue weighted by atomic mass is 32.2. The van der Waals surface area contributed by atoms with Crippen LogP contribution in [0, 0.1) is 0 Å². The van der Waals surface area contributed by atoms with Gasteiger partial charge in [-0.25, -0.2) is 8.42 Å². The van der Waals surface area contributed by atoms with Crippen LogP contribution in [0.3, 0.4) is 0 Å². The van der Waals surface area contributed by atoms with E-state index in [1.165, 1.54) is 0 Å². The average Bonchev–Trinajstić information content (AvgIpc) is 3.30. The largest absolute Gasteiger partial charge is 0.379 e.